The maximum atomic E-state index is 4.38. The molecule has 1 aliphatic rings. The lowest BCUT2D eigenvalue weighted by molar-refractivity contribution is 0.273. The number of aryl methyl sites for hydroxylation is 1. The van der Waals surface area contributed by atoms with Gasteiger partial charge in [0.05, 0.1) is 6.20 Å². The summed E-state index contributed by atoms with van der Waals surface area (Å²) in [6, 6.07) is 8.55. The number of benzene rings is 1. The summed E-state index contributed by atoms with van der Waals surface area (Å²) in [6.07, 6.45) is 5.21. The van der Waals surface area contributed by atoms with Gasteiger partial charge in [0.1, 0.15) is 0 Å². The molecule has 0 unspecified atom stereocenters. The average Bonchev–Trinajstić information content (AvgIpc) is 2.82. The molecule has 1 fully saturated rings. The van der Waals surface area contributed by atoms with Crippen LogP contribution in [0.4, 0.5) is 0 Å². The molecule has 0 bridgehead atoms. The molecule has 1 saturated heterocycles. The summed E-state index contributed by atoms with van der Waals surface area (Å²) in [6.45, 7) is 5.12. The van der Waals surface area contributed by atoms with E-state index in [1.54, 1.807) is 0 Å². The Balaban J connectivity index is 1.89. The predicted molar refractivity (Wildman–Crippen MR) is 80.3 cm³/mol. The standard InChI is InChI=1S/C15H18BrN3/c1-2-19-9-12(8-18-19)7-15(10-17-11-15)13-5-3-4-6-14(13)16/h3-6,8-9,17H,2,7,10-11H2,1H3. The fourth-order valence-electron chi connectivity index (χ4n) is 2.79. The van der Waals surface area contributed by atoms with Crippen LogP contribution in [0.1, 0.15) is 18.1 Å². The number of nitrogens with zero attached hydrogens (tertiary/aromatic N) is 2. The molecule has 0 atom stereocenters. The van der Waals surface area contributed by atoms with Crippen molar-refractivity contribution < 1.29 is 0 Å². The van der Waals surface area contributed by atoms with Gasteiger partial charge in [-0.25, -0.2) is 0 Å². The Kier molecular flexibility index (Phi) is 3.46. The molecule has 0 aliphatic carbocycles. The quantitative estimate of drug-likeness (QED) is 0.939. The summed E-state index contributed by atoms with van der Waals surface area (Å²) in [7, 11) is 0. The van der Waals surface area contributed by atoms with Crippen molar-refractivity contribution in [2.24, 2.45) is 0 Å². The summed E-state index contributed by atoms with van der Waals surface area (Å²) in [4.78, 5) is 0. The lowest BCUT2D eigenvalue weighted by atomic mass is 9.71. The summed E-state index contributed by atoms with van der Waals surface area (Å²) in [5, 5.41) is 7.80. The average molecular weight is 320 g/mol. The van der Waals surface area contributed by atoms with Gasteiger partial charge in [-0.1, -0.05) is 34.1 Å². The van der Waals surface area contributed by atoms with Crippen molar-refractivity contribution in [1.29, 1.82) is 0 Å². The third-order valence-corrected chi connectivity index (χ3v) is 4.62. The Bertz CT molecular complexity index is 572. The SMILES string of the molecule is CCn1cc(CC2(c3ccccc3Br)CNC2)cn1. The second-order valence-electron chi connectivity index (χ2n) is 5.24. The number of hydrogen-bond donors (Lipinski definition) is 1. The van der Waals surface area contributed by atoms with Crippen molar-refractivity contribution in [1.82, 2.24) is 15.1 Å². The number of nitrogens with one attached hydrogen (secondary N) is 1. The van der Waals surface area contributed by atoms with Crippen molar-refractivity contribution in [2.75, 3.05) is 13.1 Å². The zero-order chi connectivity index (χ0) is 13.3. The molecule has 19 heavy (non-hydrogen) atoms. The third kappa shape index (κ3) is 2.35. The van der Waals surface area contributed by atoms with E-state index >= 15 is 0 Å². The lowest BCUT2D eigenvalue weighted by Crippen LogP contribution is -2.58. The molecule has 3 rings (SSSR count). The minimum atomic E-state index is 0.210. The van der Waals surface area contributed by atoms with Gasteiger partial charge in [0, 0.05) is 35.7 Å². The molecule has 0 amide bonds. The van der Waals surface area contributed by atoms with Crippen molar-refractivity contribution in [3.05, 3.63) is 52.3 Å². The van der Waals surface area contributed by atoms with E-state index in [4.69, 9.17) is 0 Å². The molecule has 2 heterocycles. The van der Waals surface area contributed by atoms with Crippen molar-refractivity contribution in [3.8, 4) is 0 Å². The summed E-state index contributed by atoms with van der Waals surface area (Å²) < 4.78 is 3.20. The van der Waals surface area contributed by atoms with E-state index in [0.717, 1.165) is 26.1 Å². The van der Waals surface area contributed by atoms with Gasteiger partial charge in [-0.05, 0) is 30.5 Å². The van der Waals surface area contributed by atoms with E-state index < -0.39 is 0 Å². The first-order chi connectivity index (χ1) is 9.23. The number of aromatic nitrogens is 2. The molecule has 1 aliphatic heterocycles. The number of halogens is 1. The van der Waals surface area contributed by atoms with Crippen LogP contribution in [0.5, 0.6) is 0 Å². The summed E-state index contributed by atoms with van der Waals surface area (Å²) >= 11 is 3.69. The third-order valence-electron chi connectivity index (χ3n) is 3.93. The zero-order valence-electron chi connectivity index (χ0n) is 11.1. The molecule has 0 saturated carbocycles. The first-order valence-electron chi connectivity index (χ1n) is 6.70. The maximum absolute atomic E-state index is 4.38. The topological polar surface area (TPSA) is 29.9 Å². The van der Waals surface area contributed by atoms with E-state index in [2.05, 4.69) is 63.7 Å². The highest BCUT2D eigenvalue weighted by atomic mass is 79.9. The number of rotatable bonds is 4. The van der Waals surface area contributed by atoms with E-state index in [9.17, 15) is 0 Å². The molecule has 100 valence electrons. The fraction of sp³-hybridized carbons (Fsp3) is 0.400. The van der Waals surface area contributed by atoms with Crippen LogP contribution in [-0.4, -0.2) is 22.9 Å². The Labute approximate surface area is 122 Å². The molecule has 2 aromatic rings. The van der Waals surface area contributed by atoms with E-state index in [1.165, 1.54) is 15.6 Å². The first-order valence-corrected chi connectivity index (χ1v) is 7.50. The highest BCUT2D eigenvalue weighted by molar-refractivity contribution is 9.10. The second-order valence-corrected chi connectivity index (χ2v) is 6.10. The van der Waals surface area contributed by atoms with Gasteiger partial charge in [0.25, 0.3) is 0 Å². The van der Waals surface area contributed by atoms with Gasteiger partial charge in [0.15, 0.2) is 0 Å². The van der Waals surface area contributed by atoms with Crippen LogP contribution < -0.4 is 5.32 Å². The Hall–Kier alpha value is -1.13. The minimum Gasteiger partial charge on any atom is -0.315 e. The largest absolute Gasteiger partial charge is 0.315 e. The van der Waals surface area contributed by atoms with E-state index in [0.29, 0.717) is 0 Å². The van der Waals surface area contributed by atoms with E-state index in [1.807, 2.05) is 10.9 Å². The van der Waals surface area contributed by atoms with Gasteiger partial charge in [-0.15, -0.1) is 0 Å². The molecule has 1 aromatic heterocycles. The lowest BCUT2D eigenvalue weighted by Gasteiger charge is -2.43. The molecule has 3 nitrogen and oxygen atoms in total. The number of hydrogen-bond acceptors (Lipinski definition) is 2. The Morgan fingerprint density at radius 3 is 2.74 bits per heavy atom. The summed E-state index contributed by atoms with van der Waals surface area (Å²) in [5.74, 6) is 0. The Morgan fingerprint density at radius 1 is 1.37 bits per heavy atom. The van der Waals surface area contributed by atoms with Crippen LogP contribution in [-0.2, 0) is 18.4 Å². The predicted octanol–water partition coefficient (Wildman–Crippen LogP) is 2.75. The highest BCUT2D eigenvalue weighted by Gasteiger charge is 2.40. The van der Waals surface area contributed by atoms with Gasteiger partial charge in [-0.3, -0.25) is 4.68 Å². The molecular weight excluding hydrogens is 302 g/mol. The second kappa shape index (κ2) is 5.10. The molecular formula is C15H18BrN3. The van der Waals surface area contributed by atoms with Crippen molar-refractivity contribution >= 4 is 15.9 Å². The highest BCUT2D eigenvalue weighted by Crippen LogP contribution is 2.36. The minimum absolute atomic E-state index is 0.210. The normalized spacial score (nSPS) is 17.2. The molecule has 4 heteroatoms. The van der Waals surface area contributed by atoms with Crippen LogP contribution in [0.15, 0.2) is 41.1 Å². The molecule has 0 radical (unpaired) electrons. The van der Waals surface area contributed by atoms with Crippen LogP contribution in [0.3, 0.4) is 0 Å². The molecule has 0 spiro atoms. The van der Waals surface area contributed by atoms with Gasteiger partial charge in [0.2, 0.25) is 0 Å². The molecule has 1 aromatic carbocycles. The van der Waals surface area contributed by atoms with Gasteiger partial charge < -0.3 is 5.32 Å². The van der Waals surface area contributed by atoms with E-state index in [-0.39, 0.29) is 5.41 Å². The van der Waals surface area contributed by atoms with Gasteiger partial charge >= 0.3 is 0 Å². The van der Waals surface area contributed by atoms with Crippen LogP contribution in [0, 0.1) is 0 Å². The molecule has 1 N–H and O–H groups in total. The first kappa shape index (κ1) is 12.9. The smallest absolute Gasteiger partial charge is 0.0522 e. The maximum Gasteiger partial charge on any atom is 0.0522 e. The van der Waals surface area contributed by atoms with Gasteiger partial charge in [-0.2, -0.15) is 5.10 Å². The van der Waals surface area contributed by atoms with Crippen LogP contribution >= 0.6 is 15.9 Å². The Morgan fingerprint density at radius 2 is 2.16 bits per heavy atom. The zero-order valence-corrected chi connectivity index (χ0v) is 12.7. The van der Waals surface area contributed by atoms with Crippen LogP contribution in [0.2, 0.25) is 0 Å². The van der Waals surface area contributed by atoms with Crippen molar-refractivity contribution in [2.45, 2.75) is 25.3 Å². The van der Waals surface area contributed by atoms with Crippen molar-refractivity contribution in [3.63, 3.8) is 0 Å². The van der Waals surface area contributed by atoms with Crippen LogP contribution in [0.25, 0.3) is 0 Å². The summed E-state index contributed by atoms with van der Waals surface area (Å²) in [5.41, 5.74) is 2.93. The fourth-order valence-corrected chi connectivity index (χ4v) is 3.50. The monoisotopic (exact) mass is 319 g/mol.